The molecule has 0 radical (unpaired) electrons. The summed E-state index contributed by atoms with van der Waals surface area (Å²) in [6.45, 7) is 13.6. The van der Waals surface area contributed by atoms with Crippen molar-refractivity contribution >= 4 is 12.1 Å². The lowest BCUT2D eigenvalue weighted by molar-refractivity contribution is 0.621. The maximum absolute atomic E-state index is 13.3. The van der Waals surface area contributed by atoms with Crippen LogP contribution in [0.25, 0.3) is 0 Å². The normalized spacial score (nSPS) is 13.2. The van der Waals surface area contributed by atoms with Crippen molar-refractivity contribution in [2.45, 2.75) is 33.6 Å². The molecule has 0 fully saturated rings. The van der Waals surface area contributed by atoms with E-state index in [1.165, 1.54) is 12.3 Å². The van der Waals surface area contributed by atoms with Crippen LogP contribution in [0.3, 0.4) is 0 Å². The van der Waals surface area contributed by atoms with Crippen LogP contribution >= 0.6 is 0 Å². The first-order valence-electron chi connectivity index (χ1n) is 7.23. The highest BCUT2D eigenvalue weighted by atomic mass is 19.1. The minimum atomic E-state index is -0.419. The molecule has 0 aliphatic heterocycles. The van der Waals surface area contributed by atoms with Gasteiger partial charge in [0.2, 0.25) is 0 Å². The Labute approximate surface area is 131 Å². The average Bonchev–Trinajstić information content (AvgIpc) is 2.48. The Balaban J connectivity index is 3.32. The van der Waals surface area contributed by atoms with Crippen LogP contribution in [0, 0.1) is 5.82 Å². The van der Waals surface area contributed by atoms with Gasteiger partial charge in [-0.05, 0) is 37.5 Å². The molecule has 0 aliphatic carbocycles. The Hall–Kier alpha value is -2.36. The van der Waals surface area contributed by atoms with Crippen molar-refractivity contribution in [2.75, 3.05) is 0 Å². The maximum atomic E-state index is 13.3. The zero-order chi connectivity index (χ0) is 16.5. The summed E-state index contributed by atoms with van der Waals surface area (Å²) in [7, 11) is 0. The van der Waals surface area contributed by atoms with Crippen molar-refractivity contribution < 1.29 is 4.39 Å². The number of rotatable bonds is 6. The predicted molar refractivity (Wildman–Crippen MR) is 91.8 cm³/mol. The van der Waals surface area contributed by atoms with Gasteiger partial charge >= 0.3 is 0 Å². The van der Waals surface area contributed by atoms with Crippen LogP contribution in [0.4, 0.5) is 4.39 Å². The molecule has 0 aliphatic rings. The molecule has 0 amide bonds. The molecule has 0 atom stereocenters. The Kier molecular flexibility index (Phi) is 7.09. The minimum Gasteiger partial charge on any atom is -0.261 e. The van der Waals surface area contributed by atoms with Crippen LogP contribution in [0.1, 0.15) is 39.2 Å². The van der Waals surface area contributed by atoms with Crippen molar-refractivity contribution in [1.82, 2.24) is 4.98 Å². The van der Waals surface area contributed by atoms with Crippen LogP contribution in [-0.4, -0.2) is 17.0 Å². The summed E-state index contributed by atoms with van der Waals surface area (Å²) in [5.41, 5.74) is 3.16. The summed E-state index contributed by atoms with van der Waals surface area (Å²) < 4.78 is 13.3. The predicted octanol–water partition coefficient (Wildman–Crippen LogP) is 4.87. The topological polar surface area (TPSA) is 37.6 Å². The molecular formula is C18H22FN3. The van der Waals surface area contributed by atoms with Crippen molar-refractivity contribution in [3.8, 4) is 0 Å². The fraction of sp³-hybridized carbons (Fsp3) is 0.278. The maximum Gasteiger partial charge on any atom is 0.160 e. The molecule has 4 heteroatoms. The van der Waals surface area contributed by atoms with E-state index in [4.69, 9.17) is 0 Å². The first kappa shape index (κ1) is 17.7. The van der Waals surface area contributed by atoms with E-state index in [2.05, 4.69) is 35.1 Å². The molecule has 0 N–H and O–H groups in total. The monoisotopic (exact) mass is 299 g/mol. The van der Waals surface area contributed by atoms with Gasteiger partial charge in [-0.15, -0.1) is 0 Å². The van der Waals surface area contributed by atoms with Crippen molar-refractivity contribution in [3.63, 3.8) is 0 Å². The number of hydrogen-bond acceptors (Lipinski definition) is 2. The van der Waals surface area contributed by atoms with E-state index in [0.717, 1.165) is 35.9 Å². The van der Waals surface area contributed by atoms with Gasteiger partial charge in [0.05, 0.1) is 6.20 Å². The lowest BCUT2D eigenvalue weighted by atomic mass is 10.0. The molecule has 1 aromatic heterocycles. The van der Waals surface area contributed by atoms with Gasteiger partial charge in [-0.2, -0.15) is 0 Å². The van der Waals surface area contributed by atoms with Gasteiger partial charge in [-0.1, -0.05) is 32.6 Å². The molecule has 0 saturated carbocycles. The fourth-order valence-corrected chi connectivity index (χ4v) is 2.03. The van der Waals surface area contributed by atoms with Gasteiger partial charge in [-0.3, -0.25) is 4.98 Å². The minimum absolute atomic E-state index is 0.413. The van der Waals surface area contributed by atoms with E-state index < -0.39 is 5.82 Å². The Bertz CT molecular complexity index is 639. The molecule has 116 valence electrons. The standard InChI is InChI=1S/C18H22FN3/c1-6-9-13(4)17(7-2)14(5)22-18(21-8-3)15-10-16(19)12-20-11-15/h7-8,10-12H,2,4,6,9H2,1,3,5H3/b17-14-,21-8?,22-18?. The average molecular weight is 299 g/mol. The highest BCUT2D eigenvalue weighted by Crippen LogP contribution is 2.20. The quantitative estimate of drug-likeness (QED) is 0.419. The Morgan fingerprint density at radius 2 is 2.14 bits per heavy atom. The van der Waals surface area contributed by atoms with E-state index >= 15 is 0 Å². The highest BCUT2D eigenvalue weighted by molar-refractivity contribution is 6.03. The molecule has 0 bridgehead atoms. The number of aliphatic imine (C=N–C) groups is 2. The molecule has 0 unspecified atom stereocenters. The van der Waals surface area contributed by atoms with E-state index in [1.807, 2.05) is 6.92 Å². The second kappa shape index (κ2) is 8.82. The summed E-state index contributed by atoms with van der Waals surface area (Å²) >= 11 is 0. The number of amidine groups is 1. The van der Waals surface area contributed by atoms with E-state index in [0.29, 0.717) is 11.4 Å². The van der Waals surface area contributed by atoms with Crippen LogP contribution < -0.4 is 0 Å². The number of aromatic nitrogens is 1. The second-order valence-corrected chi connectivity index (χ2v) is 4.77. The molecule has 0 aromatic carbocycles. The SMILES string of the molecule is C=C/C(C(=C)CCC)=C(\C)N=C(N=CC)c1cncc(F)c1. The van der Waals surface area contributed by atoms with Crippen molar-refractivity contribution in [2.24, 2.45) is 9.98 Å². The molecule has 1 aromatic rings. The van der Waals surface area contributed by atoms with Crippen LogP contribution in [0.5, 0.6) is 0 Å². The number of pyridine rings is 1. The third kappa shape index (κ3) is 4.88. The molecular weight excluding hydrogens is 277 g/mol. The van der Waals surface area contributed by atoms with Gasteiger partial charge in [0.15, 0.2) is 5.84 Å². The summed E-state index contributed by atoms with van der Waals surface area (Å²) in [6, 6.07) is 1.36. The number of halogens is 1. The summed E-state index contributed by atoms with van der Waals surface area (Å²) in [6.07, 6.45) is 7.93. The molecule has 22 heavy (non-hydrogen) atoms. The zero-order valence-corrected chi connectivity index (χ0v) is 13.4. The summed E-state index contributed by atoms with van der Waals surface area (Å²) in [4.78, 5) is 12.6. The number of hydrogen-bond donors (Lipinski definition) is 0. The van der Waals surface area contributed by atoms with Gasteiger partial charge in [0.25, 0.3) is 0 Å². The smallest absolute Gasteiger partial charge is 0.160 e. The third-order valence-electron chi connectivity index (χ3n) is 3.01. The van der Waals surface area contributed by atoms with Crippen molar-refractivity contribution in [3.05, 3.63) is 65.9 Å². The van der Waals surface area contributed by atoms with Gasteiger partial charge in [0, 0.05) is 23.7 Å². The van der Waals surface area contributed by atoms with Crippen LogP contribution in [0.15, 0.2) is 64.5 Å². The molecule has 0 saturated heterocycles. The third-order valence-corrected chi connectivity index (χ3v) is 3.01. The van der Waals surface area contributed by atoms with Gasteiger partial charge in [-0.25, -0.2) is 14.4 Å². The van der Waals surface area contributed by atoms with Crippen LogP contribution in [0.2, 0.25) is 0 Å². The molecule has 3 nitrogen and oxygen atoms in total. The first-order valence-corrected chi connectivity index (χ1v) is 7.23. The fourth-order valence-electron chi connectivity index (χ4n) is 2.03. The largest absolute Gasteiger partial charge is 0.261 e. The number of allylic oxidation sites excluding steroid dienone is 4. The van der Waals surface area contributed by atoms with E-state index in [9.17, 15) is 4.39 Å². The lowest BCUT2D eigenvalue weighted by Gasteiger charge is -2.09. The summed E-state index contributed by atoms with van der Waals surface area (Å²) in [5, 5.41) is 0. The van der Waals surface area contributed by atoms with Gasteiger partial charge < -0.3 is 0 Å². The Morgan fingerprint density at radius 3 is 2.68 bits per heavy atom. The van der Waals surface area contributed by atoms with Gasteiger partial charge in [0.1, 0.15) is 5.82 Å². The van der Waals surface area contributed by atoms with Crippen LogP contribution in [-0.2, 0) is 0 Å². The zero-order valence-electron chi connectivity index (χ0n) is 13.4. The number of nitrogens with zero attached hydrogens (tertiary/aromatic N) is 3. The second-order valence-electron chi connectivity index (χ2n) is 4.77. The van der Waals surface area contributed by atoms with E-state index in [1.54, 1.807) is 19.2 Å². The summed E-state index contributed by atoms with van der Waals surface area (Å²) in [5.74, 6) is -0.00637. The first-order chi connectivity index (χ1) is 10.5. The van der Waals surface area contributed by atoms with Crippen molar-refractivity contribution in [1.29, 1.82) is 0 Å². The Morgan fingerprint density at radius 1 is 1.41 bits per heavy atom. The highest BCUT2D eigenvalue weighted by Gasteiger charge is 2.07. The molecule has 1 rings (SSSR count). The van der Waals surface area contributed by atoms with E-state index in [-0.39, 0.29) is 0 Å². The molecule has 0 spiro atoms. The lowest BCUT2D eigenvalue weighted by Crippen LogP contribution is -2.01. The molecule has 1 heterocycles.